The molecule has 2 aromatic carbocycles. The molecule has 0 aliphatic heterocycles. The molecule has 3 rings (SSSR count). The number of methoxy groups -OCH3 is 2. The van der Waals surface area contributed by atoms with Crippen LogP contribution in [0, 0.1) is 11.3 Å². The molecule has 0 unspecified atom stereocenters. The van der Waals surface area contributed by atoms with Gasteiger partial charge in [-0.05, 0) is 29.8 Å². The number of nitrogens with zero attached hydrogens (tertiary/aromatic N) is 3. The van der Waals surface area contributed by atoms with Gasteiger partial charge in [0.25, 0.3) is 11.1 Å². The lowest BCUT2D eigenvalue weighted by Gasteiger charge is -2.07. The van der Waals surface area contributed by atoms with E-state index in [2.05, 4.69) is 21.6 Å². The Hall–Kier alpha value is -3.51. The van der Waals surface area contributed by atoms with Crippen LogP contribution in [0.4, 0.5) is 5.69 Å². The van der Waals surface area contributed by atoms with Crippen LogP contribution < -0.4 is 14.8 Å². The summed E-state index contributed by atoms with van der Waals surface area (Å²) in [5, 5.41) is 19.7. The topological polar surface area (TPSA) is 110 Å². The Balaban J connectivity index is 1.59. The monoisotopic (exact) mass is 410 g/mol. The van der Waals surface area contributed by atoms with E-state index in [1.54, 1.807) is 56.7 Å². The molecule has 1 amide bonds. The fraction of sp³-hybridized carbons (Fsp3) is 0.200. The molecular formula is C20H18N4O4S. The second kappa shape index (κ2) is 9.61. The van der Waals surface area contributed by atoms with E-state index in [1.165, 1.54) is 0 Å². The summed E-state index contributed by atoms with van der Waals surface area (Å²) in [6, 6.07) is 14.5. The smallest absolute Gasteiger partial charge is 0.277 e. The molecule has 0 bridgehead atoms. The number of hydrogen-bond acceptors (Lipinski definition) is 8. The highest BCUT2D eigenvalue weighted by atomic mass is 32.2. The molecule has 0 spiro atoms. The maximum Gasteiger partial charge on any atom is 0.277 e. The predicted octanol–water partition coefficient (Wildman–Crippen LogP) is 3.55. The molecule has 148 valence electrons. The van der Waals surface area contributed by atoms with E-state index >= 15 is 0 Å². The normalized spacial score (nSPS) is 10.2. The van der Waals surface area contributed by atoms with E-state index in [0.717, 1.165) is 17.3 Å². The van der Waals surface area contributed by atoms with Crippen molar-refractivity contribution in [1.82, 2.24) is 10.2 Å². The van der Waals surface area contributed by atoms with Crippen LogP contribution >= 0.6 is 11.8 Å². The largest absolute Gasteiger partial charge is 0.497 e. The third kappa shape index (κ3) is 5.27. The Morgan fingerprint density at radius 3 is 2.66 bits per heavy atom. The standard InChI is InChI=1S/C20H18N4O4S/c1-26-15-7-8-16(17(11-15)27-2)19-23-24-20(28-19)29-12-18(25)22-14-5-3-13(4-6-14)9-10-21/h3-8,11H,9,12H2,1-2H3,(H,22,25). The molecular weight excluding hydrogens is 392 g/mol. The van der Waals surface area contributed by atoms with E-state index in [9.17, 15) is 4.79 Å². The van der Waals surface area contributed by atoms with Crippen molar-refractivity contribution in [3.8, 4) is 29.0 Å². The second-order valence-electron chi connectivity index (χ2n) is 5.81. The third-order valence-electron chi connectivity index (χ3n) is 3.89. The minimum absolute atomic E-state index is 0.112. The Kier molecular flexibility index (Phi) is 6.71. The van der Waals surface area contributed by atoms with Crippen LogP contribution in [0.2, 0.25) is 0 Å². The quantitative estimate of drug-likeness (QED) is 0.561. The van der Waals surface area contributed by atoms with Crippen molar-refractivity contribution >= 4 is 23.4 Å². The third-order valence-corrected chi connectivity index (χ3v) is 4.71. The lowest BCUT2D eigenvalue weighted by molar-refractivity contribution is -0.113. The van der Waals surface area contributed by atoms with Crippen molar-refractivity contribution in [2.24, 2.45) is 0 Å². The zero-order valence-electron chi connectivity index (χ0n) is 15.8. The summed E-state index contributed by atoms with van der Waals surface area (Å²) in [4.78, 5) is 12.1. The summed E-state index contributed by atoms with van der Waals surface area (Å²) in [6.45, 7) is 0. The average Bonchev–Trinajstić information content (AvgIpc) is 3.22. The number of benzene rings is 2. The molecule has 0 fully saturated rings. The molecule has 1 aromatic heterocycles. The van der Waals surface area contributed by atoms with Crippen molar-refractivity contribution in [3.63, 3.8) is 0 Å². The van der Waals surface area contributed by atoms with Gasteiger partial charge >= 0.3 is 0 Å². The molecule has 0 aliphatic carbocycles. The van der Waals surface area contributed by atoms with Crippen LogP contribution in [0.1, 0.15) is 5.56 Å². The number of hydrogen-bond donors (Lipinski definition) is 1. The Bertz CT molecular complexity index is 1030. The number of amides is 1. The summed E-state index contributed by atoms with van der Waals surface area (Å²) in [7, 11) is 3.11. The van der Waals surface area contributed by atoms with Gasteiger partial charge in [-0.15, -0.1) is 10.2 Å². The lowest BCUT2D eigenvalue weighted by atomic mass is 10.1. The molecule has 0 atom stereocenters. The van der Waals surface area contributed by atoms with Gasteiger partial charge in [0.1, 0.15) is 11.5 Å². The molecule has 9 heteroatoms. The molecule has 1 heterocycles. The van der Waals surface area contributed by atoms with Gasteiger partial charge in [0.2, 0.25) is 5.91 Å². The zero-order chi connectivity index (χ0) is 20.6. The highest BCUT2D eigenvalue weighted by Gasteiger charge is 2.15. The highest BCUT2D eigenvalue weighted by Crippen LogP contribution is 2.33. The van der Waals surface area contributed by atoms with Crippen molar-refractivity contribution < 1.29 is 18.7 Å². The number of aromatic nitrogens is 2. The van der Waals surface area contributed by atoms with E-state index in [1.807, 2.05) is 0 Å². The first-order valence-electron chi connectivity index (χ1n) is 8.57. The van der Waals surface area contributed by atoms with Crippen molar-refractivity contribution in [3.05, 3.63) is 48.0 Å². The number of ether oxygens (including phenoxy) is 2. The van der Waals surface area contributed by atoms with Crippen LogP contribution in [0.15, 0.2) is 52.1 Å². The molecule has 8 nitrogen and oxygen atoms in total. The number of rotatable bonds is 8. The van der Waals surface area contributed by atoms with Crippen LogP contribution in [0.5, 0.6) is 11.5 Å². The van der Waals surface area contributed by atoms with Gasteiger partial charge in [-0.3, -0.25) is 4.79 Å². The number of carbonyl (C=O) groups is 1. The van der Waals surface area contributed by atoms with E-state index < -0.39 is 0 Å². The van der Waals surface area contributed by atoms with Crippen LogP contribution in [0.25, 0.3) is 11.5 Å². The van der Waals surface area contributed by atoms with Gasteiger partial charge in [-0.2, -0.15) is 5.26 Å². The zero-order valence-corrected chi connectivity index (χ0v) is 16.7. The van der Waals surface area contributed by atoms with Crippen molar-refractivity contribution in [1.29, 1.82) is 5.26 Å². The van der Waals surface area contributed by atoms with Crippen LogP contribution in [-0.2, 0) is 11.2 Å². The molecule has 0 saturated heterocycles. The lowest BCUT2D eigenvalue weighted by Crippen LogP contribution is -2.13. The molecule has 0 radical (unpaired) electrons. The SMILES string of the molecule is COc1ccc(-c2nnc(SCC(=O)Nc3ccc(CC#N)cc3)o2)c(OC)c1. The number of nitrogens with one attached hydrogen (secondary N) is 1. The summed E-state index contributed by atoms with van der Waals surface area (Å²) < 4.78 is 16.2. The fourth-order valence-electron chi connectivity index (χ4n) is 2.47. The molecule has 29 heavy (non-hydrogen) atoms. The van der Waals surface area contributed by atoms with Gasteiger partial charge in [0, 0.05) is 11.8 Å². The van der Waals surface area contributed by atoms with Gasteiger partial charge < -0.3 is 19.2 Å². The minimum atomic E-state index is -0.204. The minimum Gasteiger partial charge on any atom is -0.497 e. The Morgan fingerprint density at radius 2 is 1.97 bits per heavy atom. The van der Waals surface area contributed by atoms with E-state index in [4.69, 9.17) is 19.2 Å². The molecule has 0 saturated carbocycles. The second-order valence-corrected chi connectivity index (χ2v) is 6.73. The summed E-state index contributed by atoms with van der Waals surface area (Å²) in [6.07, 6.45) is 0.336. The first kappa shape index (κ1) is 20.2. The number of carbonyl (C=O) groups excluding carboxylic acids is 1. The molecule has 0 aliphatic rings. The first-order valence-corrected chi connectivity index (χ1v) is 9.56. The Labute approximate surface area is 171 Å². The summed E-state index contributed by atoms with van der Waals surface area (Å²) in [5.41, 5.74) is 2.19. The van der Waals surface area contributed by atoms with Gasteiger partial charge in [-0.25, -0.2) is 0 Å². The number of nitriles is 1. The van der Waals surface area contributed by atoms with Gasteiger partial charge in [-0.1, -0.05) is 23.9 Å². The summed E-state index contributed by atoms with van der Waals surface area (Å²) >= 11 is 1.13. The molecule has 1 N–H and O–H groups in total. The Morgan fingerprint density at radius 1 is 1.17 bits per heavy atom. The highest BCUT2D eigenvalue weighted by molar-refractivity contribution is 7.99. The maximum absolute atomic E-state index is 12.1. The van der Waals surface area contributed by atoms with E-state index in [0.29, 0.717) is 35.1 Å². The maximum atomic E-state index is 12.1. The van der Waals surface area contributed by atoms with E-state index in [-0.39, 0.29) is 16.9 Å². The number of thioether (sulfide) groups is 1. The number of anilines is 1. The average molecular weight is 410 g/mol. The first-order chi connectivity index (χ1) is 14.1. The predicted molar refractivity (Wildman–Crippen MR) is 108 cm³/mol. The van der Waals surface area contributed by atoms with Crippen molar-refractivity contribution in [2.45, 2.75) is 11.6 Å². The van der Waals surface area contributed by atoms with Crippen molar-refractivity contribution in [2.75, 3.05) is 25.3 Å². The molecule has 3 aromatic rings. The van der Waals surface area contributed by atoms with Crippen LogP contribution in [0.3, 0.4) is 0 Å². The fourth-order valence-corrected chi connectivity index (χ4v) is 3.04. The van der Waals surface area contributed by atoms with Gasteiger partial charge in [0.05, 0.1) is 38.0 Å². The summed E-state index contributed by atoms with van der Waals surface area (Å²) in [5.74, 6) is 1.39. The van der Waals surface area contributed by atoms with Gasteiger partial charge in [0.15, 0.2) is 0 Å². The van der Waals surface area contributed by atoms with Crippen LogP contribution in [-0.4, -0.2) is 36.1 Å².